The van der Waals surface area contributed by atoms with Crippen LogP contribution in [0.4, 0.5) is 13.2 Å². The number of rotatable bonds is 4. The van der Waals surface area contributed by atoms with Gasteiger partial charge in [-0.1, -0.05) is 19.1 Å². The molecule has 2 aromatic rings. The van der Waals surface area contributed by atoms with Gasteiger partial charge in [-0.2, -0.15) is 13.2 Å². The highest BCUT2D eigenvalue weighted by molar-refractivity contribution is 7.99. The molecule has 0 unspecified atom stereocenters. The third-order valence-corrected chi connectivity index (χ3v) is 4.12. The summed E-state index contributed by atoms with van der Waals surface area (Å²) >= 11 is 1.62. The summed E-state index contributed by atoms with van der Waals surface area (Å²) in [5.74, 6) is 0.525. The van der Waals surface area contributed by atoms with Crippen molar-refractivity contribution >= 4 is 11.8 Å². The molecule has 5 heteroatoms. The number of hydrogen-bond acceptors (Lipinski definition) is 1. The number of alkyl halides is 3. The van der Waals surface area contributed by atoms with Gasteiger partial charge in [0.05, 0.1) is 5.56 Å². The van der Waals surface area contributed by atoms with Crippen LogP contribution in [0.5, 0.6) is 5.75 Å². The van der Waals surface area contributed by atoms with Crippen molar-refractivity contribution in [1.82, 2.24) is 0 Å². The normalized spacial score (nSPS) is 11.6. The van der Waals surface area contributed by atoms with Gasteiger partial charge in [0.2, 0.25) is 0 Å². The summed E-state index contributed by atoms with van der Waals surface area (Å²) in [6.07, 6.45) is -3.44. The molecule has 0 bridgehead atoms. The van der Waals surface area contributed by atoms with Crippen LogP contribution in [-0.4, -0.2) is 5.75 Å². The smallest absolute Gasteiger partial charge is 0.289 e. The number of halogens is 3. The Kier molecular flexibility index (Phi) is 4.83. The number of benzene rings is 2. The lowest BCUT2D eigenvalue weighted by molar-refractivity contribution is -0.137. The van der Waals surface area contributed by atoms with Gasteiger partial charge in [0.1, 0.15) is 0 Å². The predicted molar refractivity (Wildman–Crippen MR) is 78.0 cm³/mol. The van der Waals surface area contributed by atoms with Crippen LogP contribution >= 0.6 is 11.8 Å². The largest absolute Gasteiger partial charge is 0.416 e. The Hall–Kier alpha value is -1.62. The molecule has 0 aromatic heterocycles. The minimum atomic E-state index is -4.45. The summed E-state index contributed by atoms with van der Waals surface area (Å²) in [5.41, 5.74) is -0.195. The topological polar surface area (TPSA) is 19.9 Å². The maximum Gasteiger partial charge on any atom is 0.416 e. The average Bonchev–Trinajstić information content (AvgIpc) is 2.44. The van der Waals surface area contributed by atoms with E-state index in [0.717, 1.165) is 35.3 Å². The molecule has 1 nitrogen and oxygen atoms in total. The molecule has 0 spiro atoms. The number of thioether (sulfide) groups is 1. The molecule has 0 aliphatic rings. The molecule has 0 aliphatic carbocycles. The zero-order valence-electron chi connectivity index (χ0n) is 11.4. The van der Waals surface area contributed by atoms with Crippen molar-refractivity contribution in [2.45, 2.75) is 24.4 Å². The van der Waals surface area contributed by atoms with Gasteiger partial charge in [-0.25, -0.2) is 0 Å². The van der Waals surface area contributed by atoms with E-state index in [4.69, 9.17) is 0 Å². The van der Waals surface area contributed by atoms with Gasteiger partial charge >= 0.3 is 6.18 Å². The molecule has 0 amide bonds. The summed E-state index contributed by atoms with van der Waals surface area (Å²) in [4.78, 5) is 0.950. The quantitative estimate of drug-likeness (QED) is 0.632. The molecule has 0 saturated carbocycles. The Morgan fingerprint density at radius 3 is 2.52 bits per heavy atom. The molecule has 1 radical (unpaired) electrons. The third-order valence-electron chi connectivity index (χ3n) is 2.92. The predicted octanol–water partition coefficient (Wildman–Crippen LogP) is 6.02. The van der Waals surface area contributed by atoms with Crippen LogP contribution in [0.1, 0.15) is 18.9 Å². The fourth-order valence-electron chi connectivity index (χ4n) is 1.91. The SMILES string of the molecule is CCCSc1cccc(-c2cc(C(F)(F)F)ccc2[O])c1. The molecule has 0 aliphatic heterocycles. The second kappa shape index (κ2) is 6.43. The molecule has 2 rings (SSSR count). The minimum Gasteiger partial charge on any atom is -0.289 e. The lowest BCUT2D eigenvalue weighted by Gasteiger charge is -2.10. The molecular weight excluding hydrogens is 297 g/mol. The number of hydrogen-bond donors (Lipinski definition) is 0. The lowest BCUT2D eigenvalue weighted by atomic mass is 10.0. The zero-order valence-corrected chi connectivity index (χ0v) is 12.2. The van der Waals surface area contributed by atoms with Crippen LogP contribution in [0.25, 0.3) is 11.1 Å². The van der Waals surface area contributed by atoms with Gasteiger partial charge in [0.15, 0.2) is 5.75 Å². The molecule has 0 fully saturated rings. The first-order valence-corrected chi connectivity index (χ1v) is 7.52. The highest BCUT2D eigenvalue weighted by Gasteiger charge is 2.31. The maximum absolute atomic E-state index is 12.8. The zero-order chi connectivity index (χ0) is 15.5. The van der Waals surface area contributed by atoms with Crippen LogP contribution in [-0.2, 0) is 11.3 Å². The van der Waals surface area contributed by atoms with Crippen molar-refractivity contribution in [1.29, 1.82) is 0 Å². The van der Waals surface area contributed by atoms with Crippen molar-refractivity contribution in [2.24, 2.45) is 0 Å². The Morgan fingerprint density at radius 2 is 1.86 bits per heavy atom. The summed E-state index contributed by atoms with van der Waals surface area (Å²) in [7, 11) is 0. The second-order valence-corrected chi connectivity index (χ2v) is 5.75. The van der Waals surface area contributed by atoms with E-state index in [0.29, 0.717) is 5.56 Å². The molecule has 0 heterocycles. The van der Waals surface area contributed by atoms with Crippen LogP contribution in [0, 0.1) is 0 Å². The van der Waals surface area contributed by atoms with Crippen LogP contribution in [0.15, 0.2) is 47.4 Å². The summed E-state index contributed by atoms with van der Waals surface area (Å²) in [5, 5.41) is 11.9. The third kappa shape index (κ3) is 3.94. The fourth-order valence-corrected chi connectivity index (χ4v) is 2.73. The maximum atomic E-state index is 12.8. The lowest BCUT2D eigenvalue weighted by Crippen LogP contribution is -2.04. The van der Waals surface area contributed by atoms with Gasteiger partial charge in [-0.05, 0) is 48.1 Å². The standard InChI is InChI=1S/C16H14F3OS/c1-2-8-21-13-5-3-4-11(9-13)14-10-12(16(17,18)19)6-7-15(14)20/h3-7,9-10H,2,8H2,1H3. The molecule has 2 aromatic carbocycles. The summed E-state index contributed by atoms with van der Waals surface area (Å²) in [6.45, 7) is 2.05. The van der Waals surface area contributed by atoms with E-state index in [1.807, 2.05) is 6.07 Å². The van der Waals surface area contributed by atoms with Crippen molar-refractivity contribution < 1.29 is 18.3 Å². The molecular formula is C16H14F3OS. The molecule has 111 valence electrons. The highest BCUT2D eigenvalue weighted by Crippen LogP contribution is 2.37. The van der Waals surface area contributed by atoms with Crippen LogP contribution in [0.3, 0.4) is 0 Å². The molecule has 0 atom stereocenters. The van der Waals surface area contributed by atoms with Crippen molar-refractivity contribution in [2.75, 3.05) is 5.75 Å². The van der Waals surface area contributed by atoms with E-state index in [2.05, 4.69) is 6.92 Å². The van der Waals surface area contributed by atoms with E-state index in [9.17, 15) is 18.3 Å². The summed E-state index contributed by atoms with van der Waals surface area (Å²) < 4.78 is 38.3. The van der Waals surface area contributed by atoms with Gasteiger partial charge < -0.3 is 0 Å². The Balaban J connectivity index is 2.41. The van der Waals surface area contributed by atoms with Crippen LogP contribution in [0.2, 0.25) is 0 Å². The molecule has 21 heavy (non-hydrogen) atoms. The Morgan fingerprint density at radius 1 is 1.10 bits per heavy atom. The van der Waals surface area contributed by atoms with E-state index in [1.54, 1.807) is 30.0 Å². The highest BCUT2D eigenvalue weighted by atomic mass is 32.2. The van der Waals surface area contributed by atoms with Crippen molar-refractivity contribution in [3.8, 4) is 16.9 Å². The monoisotopic (exact) mass is 311 g/mol. The Labute approximate surface area is 125 Å². The first-order valence-electron chi connectivity index (χ1n) is 6.53. The Bertz CT molecular complexity index is 623. The fraction of sp³-hybridized carbons (Fsp3) is 0.250. The van der Waals surface area contributed by atoms with Gasteiger partial charge in [0.25, 0.3) is 0 Å². The van der Waals surface area contributed by atoms with Crippen molar-refractivity contribution in [3.63, 3.8) is 0 Å². The first kappa shape index (κ1) is 15.8. The summed E-state index contributed by atoms with van der Waals surface area (Å²) in [6, 6.07) is 9.79. The second-order valence-electron chi connectivity index (χ2n) is 4.58. The van der Waals surface area contributed by atoms with E-state index in [-0.39, 0.29) is 5.56 Å². The van der Waals surface area contributed by atoms with E-state index >= 15 is 0 Å². The van der Waals surface area contributed by atoms with E-state index < -0.39 is 17.5 Å². The first-order chi connectivity index (χ1) is 9.91. The van der Waals surface area contributed by atoms with E-state index in [1.165, 1.54) is 0 Å². The van der Waals surface area contributed by atoms with Gasteiger partial charge in [0, 0.05) is 10.5 Å². The minimum absolute atomic E-state index is 0.0868. The molecule has 0 saturated heterocycles. The average molecular weight is 311 g/mol. The molecule has 0 N–H and O–H groups in total. The van der Waals surface area contributed by atoms with Gasteiger partial charge in [-0.3, -0.25) is 5.11 Å². The van der Waals surface area contributed by atoms with Crippen molar-refractivity contribution in [3.05, 3.63) is 48.0 Å². The van der Waals surface area contributed by atoms with Gasteiger partial charge in [-0.15, -0.1) is 11.8 Å². The van der Waals surface area contributed by atoms with Crippen LogP contribution < -0.4 is 0 Å².